The van der Waals surface area contributed by atoms with Crippen molar-refractivity contribution in [1.29, 1.82) is 0 Å². The molecular formula is C14H15ClF3N3O3. The zero-order valence-corrected chi connectivity index (χ0v) is 13.6. The average molecular weight is 366 g/mol. The number of carboxylic acid groups (broad SMARTS) is 1. The molecule has 1 aromatic rings. The zero-order valence-electron chi connectivity index (χ0n) is 12.8. The Bertz CT molecular complexity index is 666. The third-order valence-electron chi connectivity index (χ3n) is 3.83. The first-order chi connectivity index (χ1) is 11.0. The topological polar surface area (TPSA) is 73.7 Å². The summed E-state index contributed by atoms with van der Waals surface area (Å²) in [5.74, 6) is -5.43. The van der Waals surface area contributed by atoms with Crippen LogP contribution < -0.4 is 4.90 Å². The molecule has 1 saturated heterocycles. The summed E-state index contributed by atoms with van der Waals surface area (Å²) in [6.45, 7) is -0.901. The fraction of sp³-hybridized carbons (Fsp3) is 0.500. The first kappa shape index (κ1) is 18.3. The molecule has 132 valence electrons. The van der Waals surface area contributed by atoms with Gasteiger partial charge in [0.1, 0.15) is 5.82 Å². The van der Waals surface area contributed by atoms with Crippen molar-refractivity contribution in [3.8, 4) is 0 Å². The molecule has 1 aromatic heterocycles. The Morgan fingerprint density at radius 3 is 2.42 bits per heavy atom. The molecule has 1 fully saturated rings. The maximum Gasteiger partial charge on any atom is 0.394 e. The van der Waals surface area contributed by atoms with Gasteiger partial charge in [-0.25, -0.2) is 4.98 Å². The highest BCUT2D eigenvalue weighted by Gasteiger charge is 2.53. The summed E-state index contributed by atoms with van der Waals surface area (Å²) in [5.41, 5.74) is 0.190. The smallest absolute Gasteiger partial charge is 0.394 e. The molecule has 1 amide bonds. The highest BCUT2D eigenvalue weighted by molar-refractivity contribution is 6.33. The van der Waals surface area contributed by atoms with Gasteiger partial charge in [-0.3, -0.25) is 9.59 Å². The van der Waals surface area contributed by atoms with Gasteiger partial charge in [0.2, 0.25) is 0 Å². The van der Waals surface area contributed by atoms with Gasteiger partial charge in [0.25, 0.3) is 5.91 Å². The number of carbonyl (C=O) groups excluding carboxylic acids is 1. The molecular weight excluding hydrogens is 351 g/mol. The van der Waals surface area contributed by atoms with Crippen LogP contribution >= 0.6 is 11.6 Å². The Morgan fingerprint density at radius 1 is 1.38 bits per heavy atom. The zero-order chi connectivity index (χ0) is 18.2. The van der Waals surface area contributed by atoms with Gasteiger partial charge in [-0.15, -0.1) is 0 Å². The summed E-state index contributed by atoms with van der Waals surface area (Å²) >= 11 is 6.04. The van der Waals surface area contributed by atoms with Crippen LogP contribution in [0.25, 0.3) is 0 Å². The second-order valence-corrected chi connectivity index (χ2v) is 6.13. The minimum Gasteiger partial charge on any atom is -0.481 e. The average Bonchev–Trinajstić information content (AvgIpc) is 2.91. The molecule has 1 N–H and O–H groups in total. The van der Waals surface area contributed by atoms with Crippen LogP contribution in [0.3, 0.4) is 0 Å². The monoisotopic (exact) mass is 365 g/mol. The van der Waals surface area contributed by atoms with Gasteiger partial charge < -0.3 is 14.9 Å². The number of nitrogens with zero attached hydrogens (tertiary/aromatic N) is 3. The second kappa shape index (κ2) is 6.46. The van der Waals surface area contributed by atoms with Crippen molar-refractivity contribution in [3.05, 3.63) is 22.8 Å². The lowest BCUT2D eigenvalue weighted by molar-refractivity contribution is -0.187. The predicted molar refractivity (Wildman–Crippen MR) is 80.1 cm³/mol. The second-order valence-electron chi connectivity index (χ2n) is 5.73. The van der Waals surface area contributed by atoms with Crippen LogP contribution in [0.2, 0.25) is 5.02 Å². The molecule has 1 aliphatic rings. The molecule has 0 radical (unpaired) electrons. The van der Waals surface area contributed by atoms with E-state index in [2.05, 4.69) is 4.98 Å². The first-order valence-electron chi connectivity index (χ1n) is 6.94. The fourth-order valence-electron chi connectivity index (χ4n) is 2.60. The molecule has 0 aliphatic carbocycles. The van der Waals surface area contributed by atoms with E-state index in [4.69, 9.17) is 16.7 Å². The third kappa shape index (κ3) is 3.55. The molecule has 0 spiro atoms. The van der Waals surface area contributed by atoms with E-state index >= 15 is 0 Å². The number of aromatic nitrogens is 1. The van der Waals surface area contributed by atoms with E-state index in [1.807, 2.05) is 0 Å². The molecule has 0 unspecified atom stereocenters. The van der Waals surface area contributed by atoms with Crippen LogP contribution in [0.5, 0.6) is 0 Å². The van der Waals surface area contributed by atoms with E-state index in [0.717, 1.165) is 0 Å². The number of halogens is 4. The Kier molecular flexibility index (Phi) is 4.93. The molecule has 6 nitrogen and oxygen atoms in total. The molecule has 2 heterocycles. The molecule has 2 atom stereocenters. The number of amides is 1. The lowest BCUT2D eigenvalue weighted by Gasteiger charge is -2.20. The number of carboxylic acids is 1. The van der Waals surface area contributed by atoms with Gasteiger partial charge in [0.05, 0.1) is 22.4 Å². The van der Waals surface area contributed by atoms with Gasteiger partial charge in [0.15, 0.2) is 0 Å². The maximum atomic E-state index is 13.0. The van der Waals surface area contributed by atoms with Crippen molar-refractivity contribution in [1.82, 2.24) is 9.88 Å². The Hall–Kier alpha value is -2.03. The minimum absolute atomic E-state index is 0.00494. The summed E-state index contributed by atoms with van der Waals surface area (Å²) in [6.07, 6.45) is -3.43. The molecule has 0 saturated carbocycles. The van der Waals surface area contributed by atoms with Crippen molar-refractivity contribution in [3.63, 3.8) is 0 Å². The summed E-state index contributed by atoms with van der Waals surface area (Å²) in [7, 11) is 3.08. The lowest BCUT2D eigenvalue weighted by atomic mass is 9.96. The Labute approximate surface area is 140 Å². The number of anilines is 1. The number of pyridine rings is 1. The van der Waals surface area contributed by atoms with E-state index in [1.54, 1.807) is 0 Å². The van der Waals surface area contributed by atoms with Gasteiger partial charge in [0, 0.05) is 33.4 Å². The fourth-order valence-corrected chi connectivity index (χ4v) is 2.88. The molecule has 1 aliphatic heterocycles. The first-order valence-corrected chi connectivity index (χ1v) is 7.31. The Morgan fingerprint density at radius 2 is 2.00 bits per heavy atom. The van der Waals surface area contributed by atoms with E-state index < -0.39 is 30.5 Å². The molecule has 0 aromatic carbocycles. The van der Waals surface area contributed by atoms with Gasteiger partial charge >= 0.3 is 12.1 Å². The Balaban J connectivity index is 2.29. The summed E-state index contributed by atoms with van der Waals surface area (Å²) < 4.78 is 39.1. The number of carbonyl (C=O) groups is 2. The largest absolute Gasteiger partial charge is 0.481 e. The number of hydrogen-bond donors (Lipinski definition) is 1. The molecule has 24 heavy (non-hydrogen) atoms. The molecule has 2 rings (SSSR count). The molecule has 10 heteroatoms. The van der Waals surface area contributed by atoms with Crippen molar-refractivity contribution in [2.45, 2.75) is 6.18 Å². The van der Waals surface area contributed by atoms with Crippen molar-refractivity contribution in [2.75, 3.05) is 32.1 Å². The number of alkyl halides is 3. The SMILES string of the molecule is CN(C)C(=O)c1cnc(N2C[C@@H](C(F)(F)F)[C@H](C(=O)O)C2)c(Cl)c1. The summed E-state index contributed by atoms with van der Waals surface area (Å²) in [6, 6.07) is 1.31. The highest BCUT2D eigenvalue weighted by Crippen LogP contribution is 2.40. The van der Waals surface area contributed by atoms with Crippen molar-refractivity contribution < 1.29 is 27.9 Å². The summed E-state index contributed by atoms with van der Waals surface area (Å²) in [4.78, 5) is 29.4. The quantitative estimate of drug-likeness (QED) is 0.888. The van der Waals surface area contributed by atoms with Crippen molar-refractivity contribution in [2.24, 2.45) is 11.8 Å². The van der Waals surface area contributed by atoms with Gasteiger partial charge in [-0.1, -0.05) is 11.6 Å². The maximum absolute atomic E-state index is 13.0. The van der Waals surface area contributed by atoms with Crippen molar-refractivity contribution >= 4 is 29.3 Å². The third-order valence-corrected chi connectivity index (χ3v) is 4.11. The van der Waals surface area contributed by atoms with E-state index in [-0.39, 0.29) is 28.9 Å². The van der Waals surface area contributed by atoms with E-state index in [0.29, 0.717) is 0 Å². The highest BCUT2D eigenvalue weighted by atomic mass is 35.5. The minimum atomic E-state index is -4.63. The summed E-state index contributed by atoms with van der Waals surface area (Å²) in [5, 5.41) is 9.02. The number of rotatable bonds is 3. The van der Waals surface area contributed by atoms with Crippen LogP contribution in [0, 0.1) is 11.8 Å². The van der Waals surface area contributed by atoms with Crippen LogP contribution in [0.1, 0.15) is 10.4 Å². The van der Waals surface area contributed by atoms with Crippen LogP contribution in [0.4, 0.5) is 19.0 Å². The normalized spacial score (nSPS) is 21.0. The van der Waals surface area contributed by atoms with E-state index in [1.165, 1.54) is 36.2 Å². The van der Waals surface area contributed by atoms with Crippen LogP contribution in [-0.2, 0) is 4.79 Å². The predicted octanol–water partition coefficient (Wildman–Crippen LogP) is 2.14. The van der Waals surface area contributed by atoms with Gasteiger partial charge in [-0.2, -0.15) is 13.2 Å². The number of hydrogen-bond acceptors (Lipinski definition) is 4. The number of aliphatic carboxylic acids is 1. The van der Waals surface area contributed by atoms with Gasteiger partial charge in [-0.05, 0) is 6.07 Å². The van der Waals surface area contributed by atoms with Crippen LogP contribution in [-0.4, -0.2) is 60.2 Å². The van der Waals surface area contributed by atoms with Crippen LogP contribution in [0.15, 0.2) is 12.3 Å². The molecule has 0 bridgehead atoms. The van der Waals surface area contributed by atoms with E-state index in [9.17, 15) is 22.8 Å². The lowest BCUT2D eigenvalue weighted by Crippen LogP contribution is -2.33. The standard InChI is InChI=1S/C14H15ClF3N3O3/c1-20(2)12(22)7-3-10(15)11(19-4-7)21-5-8(13(23)24)9(6-21)14(16,17)18/h3-4,8-9H,5-6H2,1-2H3,(H,23,24)/t8-,9-/m1/s1.